The highest BCUT2D eigenvalue weighted by Gasteiger charge is 2.38. The zero-order valence-electron chi connectivity index (χ0n) is 17.6. The predicted octanol–water partition coefficient (Wildman–Crippen LogP) is 1.66. The second-order valence-electron chi connectivity index (χ2n) is 7.76. The third kappa shape index (κ3) is 4.41. The van der Waals surface area contributed by atoms with Crippen molar-refractivity contribution in [2.24, 2.45) is 5.92 Å². The zero-order chi connectivity index (χ0) is 22.9. The summed E-state index contributed by atoms with van der Waals surface area (Å²) in [5.74, 6) is -0.891. The number of piperazine rings is 1. The Labute approximate surface area is 181 Å². The van der Waals surface area contributed by atoms with E-state index in [1.807, 2.05) is 4.90 Å². The summed E-state index contributed by atoms with van der Waals surface area (Å²) in [5, 5.41) is 10.8. The van der Waals surface area contributed by atoms with Crippen LogP contribution in [0.3, 0.4) is 0 Å². The maximum Gasteiger partial charge on any atom is 0.453 e. The van der Waals surface area contributed by atoms with Crippen LogP contribution in [0.1, 0.15) is 25.6 Å². The minimum atomic E-state index is -4.65. The summed E-state index contributed by atoms with van der Waals surface area (Å²) in [6.45, 7) is 4.87. The Balaban J connectivity index is 1.34. The average Bonchev–Trinajstić information content (AvgIpc) is 3.23. The van der Waals surface area contributed by atoms with Gasteiger partial charge in [-0.05, 0) is 31.9 Å². The van der Waals surface area contributed by atoms with Crippen molar-refractivity contribution in [3.05, 3.63) is 18.0 Å². The van der Waals surface area contributed by atoms with Crippen LogP contribution in [0.5, 0.6) is 0 Å². The molecule has 0 aliphatic carbocycles. The number of nitrogens with zero attached hydrogens (tertiary/aromatic N) is 7. The quantitative estimate of drug-likeness (QED) is 0.695. The van der Waals surface area contributed by atoms with Crippen LogP contribution in [0.15, 0.2) is 12.1 Å². The Bertz CT molecular complexity index is 980. The van der Waals surface area contributed by atoms with E-state index in [1.165, 1.54) is 6.07 Å². The molecule has 2 fully saturated rings. The van der Waals surface area contributed by atoms with Gasteiger partial charge in [0.15, 0.2) is 5.65 Å². The van der Waals surface area contributed by atoms with Crippen molar-refractivity contribution in [3.63, 3.8) is 0 Å². The Morgan fingerprint density at radius 3 is 2.31 bits per heavy atom. The van der Waals surface area contributed by atoms with Crippen LogP contribution in [-0.4, -0.2) is 87.5 Å². The standard InChI is InChI=1S/C19H24F3N7O3/c1-2-32-18(31)28-11-9-27(10-12-28)16(30)13-5-7-26(8-6-13)15-4-3-14-23-24-17(19(20,21)22)29(14)25-15/h3-4,13H,2,5-12H2,1H3. The molecule has 4 heterocycles. The molecule has 2 amide bonds. The molecule has 0 saturated carbocycles. The van der Waals surface area contributed by atoms with E-state index >= 15 is 0 Å². The molecular formula is C19H24F3N7O3. The summed E-state index contributed by atoms with van der Waals surface area (Å²) in [4.78, 5) is 29.9. The van der Waals surface area contributed by atoms with E-state index in [1.54, 1.807) is 22.8 Å². The third-order valence-corrected chi connectivity index (χ3v) is 5.79. The molecule has 174 valence electrons. The van der Waals surface area contributed by atoms with E-state index in [0.717, 1.165) is 0 Å². The van der Waals surface area contributed by atoms with Crippen LogP contribution >= 0.6 is 0 Å². The number of anilines is 1. The molecule has 2 aromatic rings. The van der Waals surface area contributed by atoms with Crippen molar-refractivity contribution in [2.75, 3.05) is 50.8 Å². The normalized spacial score (nSPS) is 18.3. The highest BCUT2D eigenvalue weighted by molar-refractivity contribution is 5.79. The number of hydrogen-bond donors (Lipinski definition) is 0. The molecule has 13 heteroatoms. The highest BCUT2D eigenvalue weighted by Crippen LogP contribution is 2.29. The molecule has 32 heavy (non-hydrogen) atoms. The van der Waals surface area contributed by atoms with Gasteiger partial charge in [0.05, 0.1) is 6.61 Å². The van der Waals surface area contributed by atoms with Crippen molar-refractivity contribution < 1.29 is 27.5 Å². The number of hydrogen-bond acceptors (Lipinski definition) is 7. The molecule has 2 aromatic heterocycles. The Morgan fingerprint density at radius 2 is 1.69 bits per heavy atom. The van der Waals surface area contributed by atoms with Crippen molar-refractivity contribution in [1.82, 2.24) is 29.6 Å². The number of aromatic nitrogens is 4. The zero-order valence-corrected chi connectivity index (χ0v) is 17.6. The number of carbonyl (C=O) groups excluding carboxylic acids is 2. The molecule has 2 saturated heterocycles. The average molecular weight is 455 g/mol. The first kappa shape index (κ1) is 22.1. The number of rotatable bonds is 3. The first-order valence-corrected chi connectivity index (χ1v) is 10.5. The lowest BCUT2D eigenvalue weighted by atomic mass is 9.95. The number of fused-ring (bicyclic) bond motifs is 1. The molecule has 0 atom stereocenters. The maximum absolute atomic E-state index is 13.1. The van der Waals surface area contributed by atoms with Crippen molar-refractivity contribution >= 4 is 23.5 Å². The Kier molecular flexibility index (Phi) is 6.07. The van der Waals surface area contributed by atoms with E-state index in [0.29, 0.717) is 69.1 Å². The number of piperidine rings is 1. The summed E-state index contributed by atoms with van der Waals surface area (Å²) in [6, 6.07) is 3.06. The second kappa shape index (κ2) is 8.79. The minimum Gasteiger partial charge on any atom is -0.450 e. The molecule has 2 aliphatic heterocycles. The lowest BCUT2D eigenvalue weighted by Gasteiger charge is -2.38. The smallest absolute Gasteiger partial charge is 0.450 e. The van der Waals surface area contributed by atoms with Crippen LogP contribution in [0.25, 0.3) is 5.65 Å². The SMILES string of the molecule is CCOC(=O)N1CCN(C(=O)C2CCN(c3ccc4nnc(C(F)(F)F)n4n3)CC2)CC1. The first-order chi connectivity index (χ1) is 15.3. The monoisotopic (exact) mass is 455 g/mol. The van der Waals surface area contributed by atoms with Gasteiger partial charge in [0.1, 0.15) is 5.82 Å². The number of carbonyl (C=O) groups is 2. The molecule has 0 unspecified atom stereocenters. The van der Waals surface area contributed by atoms with Crippen molar-refractivity contribution in [1.29, 1.82) is 0 Å². The predicted molar refractivity (Wildman–Crippen MR) is 106 cm³/mol. The number of alkyl halides is 3. The molecule has 4 rings (SSSR count). The number of ether oxygens (including phenoxy) is 1. The van der Waals surface area contributed by atoms with Crippen molar-refractivity contribution in [2.45, 2.75) is 25.9 Å². The molecule has 0 radical (unpaired) electrons. The van der Waals surface area contributed by atoms with Crippen molar-refractivity contribution in [3.8, 4) is 0 Å². The fraction of sp³-hybridized carbons (Fsp3) is 0.632. The molecule has 2 aliphatic rings. The topological polar surface area (TPSA) is 96.2 Å². The van der Waals surface area contributed by atoms with Gasteiger partial charge in [-0.15, -0.1) is 15.3 Å². The molecule has 0 spiro atoms. The van der Waals surface area contributed by atoms with Gasteiger partial charge >= 0.3 is 12.3 Å². The van der Waals surface area contributed by atoms with Gasteiger partial charge < -0.3 is 19.4 Å². The highest BCUT2D eigenvalue weighted by atomic mass is 19.4. The second-order valence-corrected chi connectivity index (χ2v) is 7.76. The van der Waals surface area contributed by atoms with Gasteiger partial charge in [0.2, 0.25) is 5.91 Å². The van der Waals surface area contributed by atoms with Crippen LogP contribution < -0.4 is 4.90 Å². The minimum absolute atomic E-state index is 0.0214. The Hall–Kier alpha value is -3.12. The van der Waals surface area contributed by atoms with E-state index in [-0.39, 0.29) is 23.6 Å². The van der Waals surface area contributed by atoms with Crippen LogP contribution in [0.4, 0.5) is 23.8 Å². The largest absolute Gasteiger partial charge is 0.453 e. The molecule has 0 N–H and O–H groups in total. The van der Waals surface area contributed by atoms with Gasteiger partial charge in [-0.25, -0.2) is 4.79 Å². The Morgan fingerprint density at radius 1 is 1.03 bits per heavy atom. The van der Waals surface area contributed by atoms with Crippen LogP contribution in [-0.2, 0) is 15.7 Å². The third-order valence-electron chi connectivity index (χ3n) is 5.79. The maximum atomic E-state index is 13.1. The lowest BCUT2D eigenvalue weighted by Crippen LogP contribution is -2.53. The molecule has 0 aromatic carbocycles. The summed E-state index contributed by atoms with van der Waals surface area (Å²) in [7, 11) is 0. The van der Waals surface area contributed by atoms with E-state index < -0.39 is 12.0 Å². The lowest BCUT2D eigenvalue weighted by molar-refractivity contribution is -0.146. The summed E-state index contributed by atoms with van der Waals surface area (Å²) in [5.41, 5.74) is 0.0214. The van der Waals surface area contributed by atoms with E-state index in [4.69, 9.17) is 4.74 Å². The van der Waals surface area contributed by atoms with Crippen LogP contribution in [0, 0.1) is 5.92 Å². The number of halogens is 3. The summed E-state index contributed by atoms with van der Waals surface area (Å²) in [6.07, 6.45) is -3.86. The van der Waals surface area contributed by atoms with Gasteiger partial charge in [-0.2, -0.15) is 17.7 Å². The van der Waals surface area contributed by atoms with Gasteiger partial charge in [0, 0.05) is 45.2 Å². The molecular weight excluding hydrogens is 431 g/mol. The van der Waals surface area contributed by atoms with E-state index in [2.05, 4.69) is 15.3 Å². The molecule has 10 nitrogen and oxygen atoms in total. The summed E-state index contributed by atoms with van der Waals surface area (Å²) < 4.78 is 45.0. The number of amides is 2. The fourth-order valence-corrected chi connectivity index (χ4v) is 4.06. The van der Waals surface area contributed by atoms with Gasteiger partial charge in [0.25, 0.3) is 5.82 Å². The van der Waals surface area contributed by atoms with Gasteiger partial charge in [-0.1, -0.05) is 0 Å². The first-order valence-electron chi connectivity index (χ1n) is 10.5. The molecule has 0 bridgehead atoms. The van der Waals surface area contributed by atoms with Crippen LogP contribution in [0.2, 0.25) is 0 Å². The van der Waals surface area contributed by atoms with Gasteiger partial charge in [-0.3, -0.25) is 4.79 Å². The summed E-state index contributed by atoms with van der Waals surface area (Å²) >= 11 is 0. The van der Waals surface area contributed by atoms with E-state index in [9.17, 15) is 22.8 Å². The fourth-order valence-electron chi connectivity index (χ4n) is 4.06.